The highest BCUT2D eigenvalue weighted by Crippen LogP contribution is 2.11. The molecule has 0 spiro atoms. The summed E-state index contributed by atoms with van der Waals surface area (Å²) in [6, 6.07) is 8.39. The van der Waals surface area contributed by atoms with Gasteiger partial charge in [0.2, 0.25) is 5.91 Å². The van der Waals surface area contributed by atoms with E-state index in [1.165, 1.54) is 5.56 Å². The van der Waals surface area contributed by atoms with Gasteiger partial charge in [-0.05, 0) is 31.0 Å². The van der Waals surface area contributed by atoms with Gasteiger partial charge in [-0.2, -0.15) is 0 Å². The van der Waals surface area contributed by atoms with E-state index in [-0.39, 0.29) is 18.5 Å². The minimum Gasteiger partial charge on any atom is -0.369 e. The molecule has 0 aromatic heterocycles. The lowest BCUT2D eigenvalue weighted by atomic mass is 10.1. The molecule has 0 saturated heterocycles. The van der Waals surface area contributed by atoms with Crippen molar-refractivity contribution in [1.29, 1.82) is 0 Å². The number of rotatable bonds is 5. The van der Waals surface area contributed by atoms with E-state index in [1.54, 1.807) is 0 Å². The van der Waals surface area contributed by atoms with Gasteiger partial charge in [-0.25, -0.2) is 0 Å². The average Bonchev–Trinajstić information content (AvgIpc) is 2.19. The zero-order chi connectivity index (χ0) is 11.3. The van der Waals surface area contributed by atoms with E-state index in [1.807, 2.05) is 19.1 Å². The lowest BCUT2D eigenvalue weighted by Gasteiger charge is -2.12. The minimum absolute atomic E-state index is 0.234. The molecule has 0 radical (unpaired) electrons. The largest absolute Gasteiger partial charge is 0.369 e. The van der Waals surface area contributed by atoms with Crippen molar-refractivity contribution in [3.05, 3.63) is 34.3 Å². The Kier molecular flexibility index (Phi) is 4.78. The van der Waals surface area contributed by atoms with E-state index >= 15 is 0 Å². The van der Waals surface area contributed by atoms with Crippen LogP contribution in [-0.2, 0) is 11.2 Å². The summed E-state index contributed by atoms with van der Waals surface area (Å²) < 4.78 is 1.07. The Hall–Kier alpha value is -0.870. The topological polar surface area (TPSA) is 55.1 Å². The zero-order valence-corrected chi connectivity index (χ0v) is 10.3. The minimum atomic E-state index is -0.322. The number of amides is 1. The molecule has 1 amide bonds. The summed E-state index contributed by atoms with van der Waals surface area (Å²) in [4.78, 5) is 10.6. The van der Waals surface area contributed by atoms with E-state index in [4.69, 9.17) is 5.73 Å². The summed E-state index contributed by atoms with van der Waals surface area (Å²) in [5, 5.41) is 3.06. The first-order valence-electron chi connectivity index (χ1n) is 4.84. The second-order valence-corrected chi connectivity index (χ2v) is 4.49. The van der Waals surface area contributed by atoms with Gasteiger partial charge in [-0.15, -0.1) is 0 Å². The molecule has 3 nitrogen and oxygen atoms in total. The summed E-state index contributed by atoms with van der Waals surface area (Å²) in [6.45, 7) is 2.27. The van der Waals surface area contributed by atoms with Gasteiger partial charge in [-0.1, -0.05) is 28.1 Å². The number of carbonyl (C=O) groups excluding carboxylic acids is 1. The highest BCUT2D eigenvalue weighted by atomic mass is 79.9. The smallest absolute Gasteiger partial charge is 0.231 e. The van der Waals surface area contributed by atoms with Crippen LogP contribution in [0.4, 0.5) is 0 Å². The molecule has 0 aliphatic carbocycles. The van der Waals surface area contributed by atoms with Gasteiger partial charge in [-0.3, -0.25) is 4.79 Å². The normalized spacial score (nSPS) is 12.4. The summed E-state index contributed by atoms with van der Waals surface area (Å²) in [5.41, 5.74) is 6.28. The molecule has 0 aliphatic heterocycles. The van der Waals surface area contributed by atoms with Crippen molar-refractivity contribution >= 4 is 21.8 Å². The van der Waals surface area contributed by atoms with Crippen LogP contribution in [0.15, 0.2) is 28.7 Å². The third-order valence-corrected chi connectivity index (χ3v) is 2.61. The van der Waals surface area contributed by atoms with E-state index in [0.717, 1.165) is 10.9 Å². The van der Waals surface area contributed by atoms with Gasteiger partial charge in [0.1, 0.15) is 0 Å². The molecule has 0 heterocycles. The number of halogens is 1. The fraction of sp³-hybridized carbons (Fsp3) is 0.364. The molecule has 82 valence electrons. The molecule has 1 rings (SSSR count). The van der Waals surface area contributed by atoms with E-state index in [9.17, 15) is 4.79 Å². The highest BCUT2D eigenvalue weighted by Gasteiger charge is 2.03. The van der Waals surface area contributed by atoms with Crippen molar-refractivity contribution in [2.75, 3.05) is 6.54 Å². The van der Waals surface area contributed by atoms with Crippen LogP contribution >= 0.6 is 15.9 Å². The predicted octanol–water partition coefficient (Wildman–Crippen LogP) is 1.45. The molecule has 4 heteroatoms. The maximum atomic E-state index is 10.6. The standard InChI is InChI=1S/C11H15BrN2O/c1-8(14-7-11(13)15)6-9-2-4-10(12)5-3-9/h2-5,8,14H,6-7H2,1H3,(H2,13,15). The molecule has 15 heavy (non-hydrogen) atoms. The number of carbonyl (C=O) groups is 1. The SMILES string of the molecule is CC(Cc1ccc(Br)cc1)NCC(N)=O. The number of hydrogen-bond acceptors (Lipinski definition) is 2. The molecular formula is C11H15BrN2O. The van der Waals surface area contributed by atoms with Crippen molar-refractivity contribution < 1.29 is 4.79 Å². The zero-order valence-electron chi connectivity index (χ0n) is 8.66. The predicted molar refractivity (Wildman–Crippen MR) is 64.5 cm³/mol. The van der Waals surface area contributed by atoms with Gasteiger partial charge >= 0.3 is 0 Å². The molecule has 1 atom stereocenters. The van der Waals surface area contributed by atoms with Crippen LogP contribution in [-0.4, -0.2) is 18.5 Å². The summed E-state index contributed by atoms with van der Waals surface area (Å²) in [7, 11) is 0. The van der Waals surface area contributed by atoms with Crippen LogP contribution in [0.5, 0.6) is 0 Å². The Bertz CT molecular complexity index is 324. The Morgan fingerprint density at radius 2 is 2.07 bits per heavy atom. The molecule has 0 saturated carbocycles. The number of hydrogen-bond donors (Lipinski definition) is 2. The third kappa shape index (κ3) is 4.95. The lowest BCUT2D eigenvalue weighted by molar-refractivity contribution is -0.117. The van der Waals surface area contributed by atoms with Crippen LogP contribution in [0.25, 0.3) is 0 Å². The van der Waals surface area contributed by atoms with Crippen molar-refractivity contribution in [2.45, 2.75) is 19.4 Å². The number of nitrogens with one attached hydrogen (secondary N) is 1. The first kappa shape index (κ1) is 12.2. The molecule has 0 fully saturated rings. The lowest BCUT2D eigenvalue weighted by Crippen LogP contribution is -2.35. The van der Waals surface area contributed by atoms with Gasteiger partial charge < -0.3 is 11.1 Å². The number of nitrogens with two attached hydrogens (primary N) is 1. The van der Waals surface area contributed by atoms with E-state index in [0.29, 0.717) is 0 Å². The number of primary amides is 1. The van der Waals surface area contributed by atoms with Gasteiger partial charge in [0.25, 0.3) is 0 Å². The monoisotopic (exact) mass is 270 g/mol. The molecule has 0 aliphatic rings. The summed E-state index contributed by atoms with van der Waals surface area (Å²) in [5.74, 6) is -0.322. The maximum Gasteiger partial charge on any atom is 0.231 e. The summed E-state index contributed by atoms with van der Waals surface area (Å²) >= 11 is 3.38. The van der Waals surface area contributed by atoms with Crippen molar-refractivity contribution in [1.82, 2.24) is 5.32 Å². The maximum absolute atomic E-state index is 10.6. The molecule has 0 bridgehead atoms. The highest BCUT2D eigenvalue weighted by molar-refractivity contribution is 9.10. The van der Waals surface area contributed by atoms with Crippen LogP contribution in [0.3, 0.4) is 0 Å². The second-order valence-electron chi connectivity index (χ2n) is 3.58. The Morgan fingerprint density at radius 3 is 2.60 bits per heavy atom. The molecule has 3 N–H and O–H groups in total. The van der Waals surface area contributed by atoms with Gasteiger partial charge in [0.05, 0.1) is 6.54 Å². The molecular weight excluding hydrogens is 256 g/mol. The first-order chi connectivity index (χ1) is 7.08. The van der Waals surface area contributed by atoms with Crippen molar-refractivity contribution in [3.8, 4) is 0 Å². The molecule has 1 unspecified atom stereocenters. The fourth-order valence-electron chi connectivity index (χ4n) is 1.32. The second kappa shape index (κ2) is 5.88. The number of benzene rings is 1. The Balaban J connectivity index is 2.40. The van der Waals surface area contributed by atoms with E-state index in [2.05, 4.69) is 33.4 Å². The van der Waals surface area contributed by atoms with Gasteiger partial charge in [0.15, 0.2) is 0 Å². The summed E-state index contributed by atoms with van der Waals surface area (Å²) in [6.07, 6.45) is 0.889. The van der Waals surface area contributed by atoms with Crippen LogP contribution in [0, 0.1) is 0 Å². The Morgan fingerprint density at radius 1 is 1.47 bits per heavy atom. The van der Waals surface area contributed by atoms with Crippen LogP contribution in [0.2, 0.25) is 0 Å². The van der Waals surface area contributed by atoms with Crippen molar-refractivity contribution in [2.24, 2.45) is 5.73 Å². The third-order valence-electron chi connectivity index (χ3n) is 2.08. The first-order valence-corrected chi connectivity index (χ1v) is 5.63. The average molecular weight is 271 g/mol. The molecule has 1 aromatic carbocycles. The van der Waals surface area contributed by atoms with Crippen molar-refractivity contribution in [3.63, 3.8) is 0 Å². The fourth-order valence-corrected chi connectivity index (χ4v) is 1.59. The molecule has 1 aromatic rings. The van der Waals surface area contributed by atoms with Crippen LogP contribution < -0.4 is 11.1 Å². The van der Waals surface area contributed by atoms with Gasteiger partial charge in [0, 0.05) is 10.5 Å². The van der Waals surface area contributed by atoms with E-state index < -0.39 is 0 Å². The van der Waals surface area contributed by atoms with Crippen LogP contribution in [0.1, 0.15) is 12.5 Å². The quantitative estimate of drug-likeness (QED) is 0.851. The Labute approximate surface area is 98.2 Å².